The van der Waals surface area contributed by atoms with Gasteiger partial charge in [0.15, 0.2) is 0 Å². The summed E-state index contributed by atoms with van der Waals surface area (Å²) in [5.41, 5.74) is 3.30. The molecule has 0 saturated carbocycles. The van der Waals surface area contributed by atoms with Crippen LogP contribution < -0.4 is 10.5 Å². The van der Waals surface area contributed by atoms with Gasteiger partial charge in [-0.15, -0.1) is 0 Å². The molecule has 28 heavy (non-hydrogen) atoms. The van der Waals surface area contributed by atoms with Crippen LogP contribution in [0.1, 0.15) is 46.3 Å². The second-order valence-corrected chi connectivity index (χ2v) is 8.87. The van der Waals surface area contributed by atoms with Gasteiger partial charge in [0.1, 0.15) is 0 Å². The Morgan fingerprint density at radius 1 is 1.07 bits per heavy atom. The molecule has 0 atom stereocenters. The number of amides is 1. The summed E-state index contributed by atoms with van der Waals surface area (Å²) in [6.07, 6.45) is 3.77. The van der Waals surface area contributed by atoms with E-state index >= 15 is 0 Å². The molecule has 150 valence electrons. The molecule has 2 aromatic rings. The van der Waals surface area contributed by atoms with Gasteiger partial charge >= 0.3 is 0 Å². The molecule has 1 heterocycles. The molecule has 2 aromatic carbocycles. The van der Waals surface area contributed by atoms with Crippen LogP contribution in [0.4, 0.5) is 0 Å². The highest BCUT2D eigenvalue weighted by Crippen LogP contribution is 2.17. The minimum absolute atomic E-state index is 0.0613. The molecule has 0 aliphatic carbocycles. The van der Waals surface area contributed by atoms with Crippen LogP contribution in [0, 0.1) is 6.92 Å². The fourth-order valence-corrected chi connectivity index (χ4v) is 4.08. The number of sulfonamides is 1. The van der Waals surface area contributed by atoms with Crippen LogP contribution in [0.15, 0.2) is 47.4 Å². The zero-order valence-corrected chi connectivity index (χ0v) is 17.0. The van der Waals surface area contributed by atoms with Crippen molar-refractivity contribution in [3.8, 4) is 0 Å². The smallest absolute Gasteiger partial charge is 0.251 e. The Morgan fingerprint density at radius 3 is 2.43 bits per heavy atom. The van der Waals surface area contributed by atoms with Crippen LogP contribution in [0.25, 0.3) is 0 Å². The Balaban J connectivity index is 1.71. The van der Waals surface area contributed by atoms with E-state index in [1.165, 1.54) is 37.0 Å². The Labute approximate surface area is 166 Å². The molecule has 1 aliphatic heterocycles. The van der Waals surface area contributed by atoms with E-state index in [1.54, 1.807) is 13.0 Å². The zero-order chi connectivity index (χ0) is 20.1. The lowest BCUT2D eigenvalue weighted by Gasteiger charge is -2.27. The van der Waals surface area contributed by atoms with E-state index in [4.69, 9.17) is 5.14 Å². The van der Waals surface area contributed by atoms with Gasteiger partial charge in [-0.05, 0) is 61.7 Å². The number of nitrogens with zero attached hydrogens (tertiary/aromatic N) is 1. The number of piperidine rings is 1. The molecule has 1 fully saturated rings. The minimum atomic E-state index is -3.85. The number of hydrogen-bond acceptors (Lipinski definition) is 4. The van der Waals surface area contributed by atoms with E-state index in [-0.39, 0.29) is 10.8 Å². The lowest BCUT2D eigenvalue weighted by atomic mass is 10.0. The maximum atomic E-state index is 12.7. The van der Waals surface area contributed by atoms with Crippen LogP contribution in [0.5, 0.6) is 0 Å². The molecule has 0 bridgehead atoms. The van der Waals surface area contributed by atoms with Crippen LogP contribution >= 0.6 is 0 Å². The second-order valence-electron chi connectivity index (χ2n) is 7.31. The Morgan fingerprint density at radius 2 is 1.75 bits per heavy atom. The number of nitrogens with one attached hydrogen (secondary N) is 1. The molecule has 3 N–H and O–H groups in total. The summed E-state index contributed by atoms with van der Waals surface area (Å²) in [5, 5.41) is 8.10. The van der Waals surface area contributed by atoms with Crippen molar-refractivity contribution in [3.05, 3.63) is 64.7 Å². The van der Waals surface area contributed by atoms with E-state index in [9.17, 15) is 13.2 Å². The summed E-state index contributed by atoms with van der Waals surface area (Å²) < 4.78 is 23.1. The number of primary sulfonamides is 1. The highest BCUT2D eigenvalue weighted by molar-refractivity contribution is 7.89. The standard InChI is InChI=1S/C21H27N3O3S/c1-16-9-10-19(28(22,26)27)13-20(16)21(25)23-14-17-7-3-4-8-18(17)15-24-11-5-2-6-12-24/h3-4,7-10,13H,2,5-6,11-12,14-15H2,1H3,(H,23,25)(H2,22,26,27). The van der Waals surface area contributed by atoms with Crippen molar-refractivity contribution in [1.29, 1.82) is 0 Å². The third kappa shape index (κ3) is 5.19. The van der Waals surface area contributed by atoms with Crippen LogP contribution in [0.3, 0.4) is 0 Å². The minimum Gasteiger partial charge on any atom is -0.348 e. The highest BCUT2D eigenvalue weighted by atomic mass is 32.2. The maximum Gasteiger partial charge on any atom is 0.251 e. The maximum absolute atomic E-state index is 12.7. The molecule has 0 unspecified atom stereocenters. The summed E-state index contributed by atoms with van der Waals surface area (Å²) in [4.78, 5) is 15.0. The number of nitrogens with two attached hydrogens (primary N) is 1. The zero-order valence-electron chi connectivity index (χ0n) is 16.1. The van der Waals surface area contributed by atoms with Crippen molar-refractivity contribution < 1.29 is 13.2 Å². The van der Waals surface area contributed by atoms with Crippen molar-refractivity contribution in [3.63, 3.8) is 0 Å². The first-order valence-electron chi connectivity index (χ1n) is 9.55. The first-order chi connectivity index (χ1) is 13.3. The van der Waals surface area contributed by atoms with Gasteiger partial charge in [0.25, 0.3) is 5.91 Å². The van der Waals surface area contributed by atoms with Crippen molar-refractivity contribution in [2.75, 3.05) is 13.1 Å². The van der Waals surface area contributed by atoms with Gasteiger partial charge in [-0.1, -0.05) is 36.8 Å². The molecule has 6 nitrogen and oxygen atoms in total. The predicted octanol–water partition coefficient (Wildman–Crippen LogP) is 2.56. The molecule has 0 spiro atoms. The number of likely N-dealkylation sites (tertiary alicyclic amines) is 1. The van der Waals surface area contributed by atoms with Crippen molar-refractivity contribution in [1.82, 2.24) is 10.2 Å². The Kier molecular flexibility index (Phi) is 6.49. The predicted molar refractivity (Wildman–Crippen MR) is 109 cm³/mol. The second kappa shape index (κ2) is 8.86. The topological polar surface area (TPSA) is 92.5 Å². The van der Waals surface area contributed by atoms with E-state index < -0.39 is 10.0 Å². The highest BCUT2D eigenvalue weighted by Gasteiger charge is 2.16. The monoisotopic (exact) mass is 401 g/mol. The third-order valence-electron chi connectivity index (χ3n) is 5.18. The Bertz CT molecular complexity index is 951. The van der Waals surface area contributed by atoms with Crippen LogP contribution in [0.2, 0.25) is 0 Å². The summed E-state index contributed by atoms with van der Waals surface area (Å²) in [5.74, 6) is -0.309. The van der Waals surface area contributed by atoms with Crippen molar-refractivity contribution in [2.45, 2.75) is 44.2 Å². The summed E-state index contributed by atoms with van der Waals surface area (Å²) >= 11 is 0. The van der Waals surface area contributed by atoms with Crippen molar-refractivity contribution >= 4 is 15.9 Å². The molecule has 0 radical (unpaired) electrons. The first-order valence-corrected chi connectivity index (χ1v) is 11.1. The molecule has 7 heteroatoms. The van der Waals surface area contributed by atoms with Gasteiger partial charge in [-0.3, -0.25) is 9.69 Å². The average molecular weight is 402 g/mol. The number of carbonyl (C=O) groups excluding carboxylic acids is 1. The van der Waals surface area contributed by atoms with E-state index in [2.05, 4.69) is 16.3 Å². The summed E-state index contributed by atoms with van der Waals surface area (Å²) in [6, 6.07) is 12.4. The Hall–Kier alpha value is -2.22. The van der Waals surface area contributed by atoms with E-state index in [0.29, 0.717) is 17.7 Å². The van der Waals surface area contributed by atoms with E-state index in [1.807, 2.05) is 18.2 Å². The molecule has 1 amide bonds. The molecule has 1 aliphatic rings. The van der Waals surface area contributed by atoms with E-state index in [0.717, 1.165) is 25.2 Å². The third-order valence-corrected chi connectivity index (χ3v) is 6.09. The lowest BCUT2D eigenvalue weighted by Crippen LogP contribution is -2.30. The fraction of sp³-hybridized carbons (Fsp3) is 0.381. The molecular formula is C21H27N3O3S. The number of aryl methyl sites for hydroxylation is 1. The first kappa shape index (κ1) is 20.5. The molecule has 3 rings (SSSR count). The number of carbonyl (C=O) groups is 1. The largest absolute Gasteiger partial charge is 0.348 e. The number of hydrogen-bond donors (Lipinski definition) is 2. The van der Waals surface area contributed by atoms with Gasteiger partial charge in [0, 0.05) is 18.7 Å². The molecule has 0 aromatic heterocycles. The quantitative estimate of drug-likeness (QED) is 0.778. The molecule has 1 saturated heterocycles. The SMILES string of the molecule is Cc1ccc(S(N)(=O)=O)cc1C(=O)NCc1ccccc1CN1CCCCC1. The lowest BCUT2D eigenvalue weighted by molar-refractivity contribution is 0.0950. The summed E-state index contributed by atoms with van der Waals surface area (Å²) in [7, 11) is -3.85. The number of benzene rings is 2. The van der Waals surface area contributed by atoms with Crippen molar-refractivity contribution in [2.24, 2.45) is 5.14 Å². The van der Waals surface area contributed by atoms with Gasteiger partial charge in [-0.2, -0.15) is 0 Å². The van der Waals surface area contributed by atoms with Gasteiger partial charge < -0.3 is 5.32 Å². The normalized spacial score (nSPS) is 15.4. The summed E-state index contributed by atoms with van der Waals surface area (Å²) in [6.45, 7) is 5.26. The average Bonchev–Trinajstić information content (AvgIpc) is 2.67. The van der Waals surface area contributed by atoms with Gasteiger partial charge in [0.05, 0.1) is 4.90 Å². The van der Waals surface area contributed by atoms with Crippen LogP contribution in [-0.4, -0.2) is 32.3 Å². The molecular weight excluding hydrogens is 374 g/mol. The fourth-order valence-electron chi connectivity index (χ4n) is 3.54. The number of rotatable bonds is 6. The van der Waals surface area contributed by atoms with Crippen LogP contribution in [-0.2, 0) is 23.1 Å². The van der Waals surface area contributed by atoms with Gasteiger partial charge in [-0.25, -0.2) is 13.6 Å². The van der Waals surface area contributed by atoms with Gasteiger partial charge in [0.2, 0.25) is 10.0 Å².